The van der Waals surface area contributed by atoms with Crippen LogP contribution in [0.15, 0.2) is 101 Å². The molecule has 1 unspecified atom stereocenters. The van der Waals surface area contributed by atoms with Crippen LogP contribution in [0.25, 0.3) is 6.08 Å². The fourth-order valence-electron chi connectivity index (χ4n) is 3.78. The van der Waals surface area contributed by atoms with Crippen LogP contribution in [-0.4, -0.2) is 34.0 Å². The molecule has 42 heavy (non-hydrogen) atoms. The molecule has 3 amide bonds. The number of amides is 3. The van der Waals surface area contributed by atoms with Gasteiger partial charge in [0.2, 0.25) is 5.91 Å². The monoisotopic (exact) mass is 619 g/mol. The first-order valence-electron chi connectivity index (χ1n) is 12.8. The van der Waals surface area contributed by atoms with Crippen molar-refractivity contribution in [3.8, 4) is 0 Å². The molecule has 214 valence electrons. The number of thioether (sulfide) groups is 1. The molecular weight excluding hydrogens is 594 g/mol. The molecule has 4 rings (SSSR count). The third kappa shape index (κ3) is 8.32. The average molecular weight is 620 g/mol. The molecule has 8 nitrogen and oxygen atoms in total. The molecule has 1 heterocycles. The number of carbonyl (C=O) groups excluding carboxylic acids is 3. The first-order valence-corrected chi connectivity index (χ1v) is 14.9. The summed E-state index contributed by atoms with van der Waals surface area (Å²) in [4.78, 5) is 52.0. The van der Waals surface area contributed by atoms with E-state index >= 15 is 0 Å². The number of carboxylic acid groups (broad SMARTS) is 1. The molecule has 0 aliphatic rings. The number of nitrogens with one attached hydrogen (secondary N) is 3. The number of benzene rings is 3. The molecule has 0 radical (unpaired) electrons. The van der Waals surface area contributed by atoms with Crippen molar-refractivity contribution in [3.05, 3.63) is 117 Å². The normalized spacial score (nSPS) is 11.8. The largest absolute Gasteiger partial charge is 0.478 e. The second-order valence-electron chi connectivity index (χ2n) is 8.88. The highest BCUT2D eigenvalue weighted by Gasteiger charge is 2.20. The molecule has 0 saturated heterocycles. The summed E-state index contributed by atoms with van der Waals surface area (Å²) < 4.78 is 0. The van der Waals surface area contributed by atoms with E-state index in [-0.39, 0.29) is 22.2 Å². The van der Waals surface area contributed by atoms with Crippen LogP contribution in [0.1, 0.15) is 38.9 Å². The smallest absolute Gasteiger partial charge is 0.337 e. The minimum Gasteiger partial charge on any atom is -0.478 e. The first kappa shape index (κ1) is 30.6. The van der Waals surface area contributed by atoms with Crippen LogP contribution in [0, 0.1) is 0 Å². The van der Waals surface area contributed by atoms with Gasteiger partial charge < -0.3 is 21.1 Å². The van der Waals surface area contributed by atoms with Gasteiger partial charge >= 0.3 is 5.97 Å². The van der Waals surface area contributed by atoms with Crippen molar-refractivity contribution >= 4 is 75.8 Å². The van der Waals surface area contributed by atoms with Crippen LogP contribution >= 0.6 is 34.7 Å². The van der Waals surface area contributed by atoms with Crippen LogP contribution in [0.5, 0.6) is 0 Å². The van der Waals surface area contributed by atoms with Gasteiger partial charge in [-0.15, -0.1) is 23.1 Å². The lowest BCUT2D eigenvalue weighted by molar-refractivity contribution is -0.116. The average Bonchev–Trinajstić information content (AvgIpc) is 3.50. The summed E-state index contributed by atoms with van der Waals surface area (Å²) in [5.74, 6) is -2.41. The maximum absolute atomic E-state index is 13.3. The molecule has 0 aliphatic heterocycles. The highest BCUT2D eigenvalue weighted by Crippen LogP contribution is 2.29. The van der Waals surface area contributed by atoms with Crippen LogP contribution < -0.4 is 16.0 Å². The van der Waals surface area contributed by atoms with E-state index in [0.29, 0.717) is 23.4 Å². The van der Waals surface area contributed by atoms with Crippen molar-refractivity contribution in [1.29, 1.82) is 0 Å². The van der Waals surface area contributed by atoms with Gasteiger partial charge in [-0.1, -0.05) is 48.9 Å². The van der Waals surface area contributed by atoms with E-state index in [9.17, 15) is 24.3 Å². The highest BCUT2D eigenvalue weighted by molar-refractivity contribution is 8.00. The first-order chi connectivity index (χ1) is 20.2. The van der Waals surface area contributed by atoms with Crippen molar-refractivity contribution in [2.75, 3.05) is 10.6 Å². The zero-order valence-corrected chi connectivity index (χ0v) is 24.7. The Morgan fingerprint density at radius 1 is 0.929 bits per heavy atom. The Labute approximate surface area is 255 Å². The fourth-order valence-corrected chi connectivity index (χ4v) is 5.65. The maximum atomic E-state index is 13.3. The highest BCUT2D eigenvalue weighted by atomic mass is 35.5. The zero-order chi connectivity index (χ0) is 30.1. The number of anilines is 2. The van der Waals surface area contributed by atoms with Crippen LogP contribution in [0.4, 0.5) is 11.4 Å². The summed E-state index contributed by atoms with van der Waals surface area (Å²) in [7, 11) is 0. The SMILES string of the molecule is CCC(Sc1cccc(NC(=O)/C(=C/c2cccs2)NC(=O)c2ccccc2)c1)C(=O)Nc1ccc(Cl)c(C(=O)O)c1. The van der Waals surface area contributed by atoms with Crippen LogP contribution in [0.2, 0.25) is 5.02 Å². The Hall–Kier alpha value is -4.38. The van der Waals surface area contributed by atoms with Gasteiger partial charge in [0.25, 0.3) is 11.8 Å². The van der Waals surface area contributed by atoms with Gasteiger partial charge in [0.05, 0.1) is 15.8 Å². The van der Waals surface area contributed by atoms with Crippen LogP contribution in [-0.2, 0) is 9.59 Å². The van der Waals surface area contributed by atoms with E-state index in [2.05, 4.69) is 16.0 Å². The second kappa shape index (κ2) is 14.5. The molecule has 0 bridgehead atoms. The summed E-state index contributed by atoms with van der Waals surface area (Å²) in [6, 6.07) is 23.6. The van der Waals surface area contributed by atoms with E-state index in [0.717, 1.165) is 9.77 Å². The molecule has 3 aromatic carbocycles. The van der Waals surface area contributed by atoms with Crippen molar-refractivity contribution < 1.29 is 24.3 Å². The Bertz CT molecular complexity index is 1620. The van der Waals surface area contributed by atoms with E-state index in [1.165, 1.54) is 41.3 Å². The molecule has 11 heteroatoms. The number of hydrogen-bond acceptors (Lipinski definition) is 6. The molecule has 4 N–H and O–H groups in total. The summed E-state index contributed by atoms with van der Waals surface area (Å²) in [6.45, 7) is 1.87. The molecule has 0 saturated carbocycles. The number of aromatic carboxylic acids is 1. The summed E-state index contributed by atoms with van der Waals surface area (Å²) >= 11 is 8.67. The van der Waals surface area contributed by atoms with Gasteiger partial charge in [-0.25, -0.2) is 4.79 Å². The Morgan fingerprint density at radius 3 is 2.38 bits per heavy atom. The molecular formula is C31H26ClN3O5S2. The molecule has 0 fully saturated rings. The minimum atomic E-state index is -1.19. The van der Waals surface area contributed by atoms with Crippen molar-refractivity contribution in [1.82, 2.24) is 5.32 Å². The van der Waals surface area contributed by atoms with Gasteiger partial charge in [0, 0.05) is 26.7 Å². The lowest BCUT2D eigenvalue weighted by Crippen LogP contribution is -2.30. The number of thiophene rings is 1. The standard InChI is InChI=1S/C31H26ClN3O5S2/c1-2-27(30(38)34-21-13-14-25(32)24(17-21)31(39)40)42-23-11-6-10-20(16-23)33-29(37)26(18-22-12-7-15-41-22)35-28(36)19-8-4-3-5-9-19/h3-18,27H,2H2,1H3,(H,33,37)(H,34,38)(H,35,36)(H,39,40)/b26-18-. The zero-order valence-electron chi connectivity index (χ0n) is 22.3. The fraction of sp³-hybridized carbons (Fsp3) is 0.0968. The topological polar surface area (TPSA) is 125 Å². The van der Waals surface area contributed by atoms with Crippen LogP contribution in [0.3, 0.4) is 0 Å². The minimum absolute atomic E-state index is 0.0776. The molecule has 0 aliphatic carbocycles. The second-order valence-corrected chi connectivity index (χ2v) is 11.5. The number of halogens is 1. The van der Waals surface area contributed by atoms with Gasteiger partial charge in [-0.2, -0.15) is 0 Å². The molecule has 0 spiro atoms. The predicted octanol–water partition coefficient (Wildman–Crippen LogP) is 7.02. The van der Waals surface area contributed by atoms with E-state index in [1.54, 1.807) is 54.6 Å². The maximum Gasteiger partial charge on any atom is 0.337 e. The number of hydrogen-bond donors (Lipinski definition) is 4. The lowest BCUT2D eigenvalue weighted by Gasteiger charge is -2.16. The van der Waals surface area contributed by atoms with E-state index in [1.807, 2.05) is 30.5 Å². The molecule has 4 aromatic rings. The third-order valence-corrected chi connectivity index (χ3v) is 8.36. The van der Waals surface area contributed by atoms with Gasteiger partial charge in [-0.05, 0) is 72.5 Å². The molecule has 1 aromatic heterocycles. The number of rotatable bonds is 11. The van der Waals surface area contributed by atoms with E-state index in [4.69, 9.17) is 11.6 Å². The Morgan fingerprint density at radius 2 is 1.69 bits per heavy atom. The van der Waals surface area contributed by atoms with Gasteiger partial charge in [-0.3, -0.25) is 14.4 Å². The predicted molar refractivity (Wildman–Crippen MR) is 168 cm³/mol. The Kier molecular flexibility index (Phi) is 10.6. The lowest BCUT2D eigenvalue weighted by atomic mass is 10.2. The van der Waals surface area contributed by atoms with Crippen molar-refractivity contribution in [2.45, 2.75) is 23.5 Å². The number of carboxylic acids is 1. The van der Waals surface area contributed by atoms with Crippen molar-refractivity contribution in [2.24, 2.45) is 0 Å². The molecule has 1 atom stereocenters. The van der Waals surface area contributed by atoms with E-state index < -0.39 is 23.0 Å². The number of carbonyl (C=O) groups is 4. The van der Waals surface area contributed by atoms with Gasteiger partial charge in [0.1, 0.15) is 5.70 Å². The van der Waals surface area contributed by atoms with Gasteiger partial charge in [0.15, 0.2) is 0 Å². The summed E-state index contributed by atoms with van der Waals surface area (Å²) in [5, 5.41) is 19.1. The summed E-state index contributed by atoms with van der Waals surface area (Å²) in [5.41, 5.74) is 1.20. The quantitative estimate of drug-likeness (QED) is 0.106. The Balaban J connectivity index is 1.46. The van der Waals surface area contributed by atoms with Crippen molar-refractivity contribution in [3.63, 3.8) is 0 Å². The third-order valence-electron chi connectivity index (χ3n) is 5.86. The summed E-state index contributed by atoms with van der Waals surface area (Å²) in [6.07, 6.45) is 2.11.